The molecule has 2 unspecified atom stereocenters. The third kappa shape index (κ3) is 2.15. The van der Waals surface area contributed by atoms with E-state index in [1.165, 1.54) is 26.2 Å². The molecule has 2 atom stereocenters. The second-order valence-electron chi connectivity index (χ2n) is 5.71. The van der Waals surface area contributed by atoms with E-state index in [1.807, 2.05) is 0 Å². The van der Waals surface area contributed by atoms with Gasteiger partial charge in [0.05, 0.1) is 5.69 Å². The van der Waals surface area contributed by atoms with Crippen molar-refractivity contribution in [2.45, 2.75) is 18.5 Å². The van der Waals surface area contributed by atoms with Gasteiger partial charge in [-0.15, -0.1) is 11.3 Å². The molecule has 0 amide bonds. The average molecular weight is 292 g/mol. The van der Waals surface area contributed by atoms with Crippen LogP contribution in [0.1, 0.15) is 5.69 Å². The minimum atomic E-state index is 0.266. The molecule has 3 N–H and O–H groups in total. The van der Waals surface area contributed by atoms with Gasteiger partial charge in [0.1, 0.15) is 0 Å². The molecule has 108 valence electrons. The summed E-state index contributed by atoms with van der Waals surface area (Å²) in [4.78, 5) is 10.8. The predicted octanol–water partition coefficient (Wildman–Crippen LogP) is -0.230. The molecular formula is C13H20N6S. The van der Waals surface area contributed by atoms with E-state index in [0.29, 0.717) is 6.04 Å². The molecule has 5 heterocycles. The maximum Gasteiger partial charge on any atom is 0.193 e. The number of rotatable bonds is 4. The van der Waals surface area contributed by atoms with E-state index in [9.17, 15) is 0 Å². The normalized spacial score (nSPS) is 30.9. The van der Waals surface area contributed by atoms with Crippen LogP contribution in [-0.2, 0) is 6.42 Å². The number of fused-ring (bicyclic) bond motifs is 4. The van der Waals surface area contributed by atoms with Gasteiger partial charge in [0.25, 0.3) is 0 Å². The Bertz CT molecular complexity index is 556. The maximum atomic E-state index is 5.83. The van der Waals surface area contributed by atoms with E-state index in [-0.39, 0.29) is 6.04 Å². The van der Waals surface area contributed by atoms with Crippen molar-refractivity contribution in [2.75, 3.05) is 32.7 Å². The number of aromatic nitrogens is 2. The van der Waals surface area contributed by atoms with E-state index in [0.717, 1.165) is 23.6 Å². The van der Waals surface area contributed by atoms with E-state index in [4.69, 9.17) is 5.84 Å². The van der Waals surface area contributed by atoms with Gasteiger partial charge in [0.2, 0.25) is 0 Å². The first-order chi connectivity index (χ1) is 9.83. The SMILES string of the molecule is NNC(Cc1cn2ccsc2n1)C1CN2CCN1CC2. The summed E-state index contributed by atoms with van der Waals surface area (Å²) in [6.45, 7) is 5.86. The quantitative estimate of drug-likeness (QED) is 0.602. The fourth-order valence-electron chi connectivity index (χ4n) is 3.45. The second kappa shape index (κ2) is 5.09. The lowest BCUT2D eigenvalue weighted by Gasteiger charge is -2.50. The van der Waals surface area contributed by atoms with Crippen LogP contribution < -0.4 is 11.3 Å². The third-order valence-electron chi connectivity index (χ3n) is 4.57. The van der Waals surface area contributed by atoms with Crippen LogP contribution in [0.3, 0.4) is 0 Å². The standard InChI is InChI=1S/C13H20N6S/c14-16-11(12-9-17-1-3-18(12)4-2-17)7-10-8-19-5-6-20-13(19)15-10/h5-6,8,11-12,16H,1-4,7,9,14H2. The molecule has 0 spiro atoms. The van der Waals surface area contributed by atoms with Crippen LogP contribution in [0.5, 0.6) is 0 Å². The molecule has 2 aromatic heterocycles. The average Bonchev–Trinajstić information content (AvgIpc) is 3.07. The first-order valence-electron chi connectivity index (χ1n) is 7.17. The minimum absolute atomic E-state index is 0.266. The first-order valence-corrected chi connectivity index (χ1v) is 8.05. The molecule has 3 aliphatic rings. The highest BCUT2D eigenvalue weighted by molar-refractivity contribution is 7.15. The summed E-state index contributed by atoms with van der Waals surface area (Å²) >= 11 is 1.67. The number of hydrogen-bond acceptors (Lipinski definition) is 6. The lowest BCUT2D eigenvalue weighted by atomic mass is 9.97. The molecule has 6 nitrogen and oxygen atoms in total. The summed E-state index contributed by atoms with van der Waals surface area (Å²) in [6, 6.07) is 0.768. The molecule has 0 saturated carbocycles. The molecule has 0 aromatic carbocycles. The van der Waals surface area contributed by atoms with Crippen LogP contribution in [0.15, 0.2) is 17.8 Å². The van der Waals surface area contributed by atoms with Gasteiger partial charge in [-0.05, 0) is 0 Å². The van der Waals surface area contributed by atoms with Crippen molar-refractivity contribution in [3.63, 3.8) is 0 Å². The van der Waals surface area contributed by atoms with Crippen LogP contribution in [0.2, 0.25) is 0 Å². The van der Waals surface area contributed by atoms with E-state index in [2.05, 4.69) is 42.4 Å². The van der Waals surface area contributed by atoms with Gasteiger partial charge in [0.15, 0.2) is 4.96 Å². The number of nitrogens with two attached hydrogens (primary N) is 1. The van der Waals surface area contributed by atoms with Gasteiger partial charge in [-0.1, -0.05) is 0 Å². The number of nitrogens with one attached hydrogen (secondary N) is 1. The number of hydrogen-bond donors (Lipinski definition) is 2. The summed E-state index contributed by atoms with van der Waals surface area (Å²) in [6.07, 6.45) is 5.06. The van der Waals surface area contributed by atoms with Crippen molar-refractivity contribution in [1.29, 1.82) is 0 Å². The van der Waals surface area contributed by atoms with Gasteiger partial charge < -0.3 is 0 Å². The fourth-order valence-corrected chi connectivity index (χ4v) is 4.16. The molecule has 2 aromatic rings. The van der Waals surface area contributed by atoms with E-state index >= 15 is 0 Å². The lowest BCUT2D eigenvalue weighted by Crippen LogP contribution is -2.67. The minimum Gasteiger partial charge on any atom is -0.299 e. The van der Waals surface area contributed by atoms with Gasteiger partial charge in [-0.25, -0.2) is 4.98 Å². The molecular weight excluding hydrogens is 272 g/mol. The number of thiazole rings is 1. The van der Waals surface area contributed by atoms with Crippen LogP contribution in [0, 0.1) is 0 Å². The topological polar surface area (TPSA) is 61.8 Å². The van der Waals surface area contributed by atoms with Crippen LogP contribution in [0.4, 0.5) is 0 Å². The highest BCUT2D eigenvalue weighted by atomic mass is 32.1. The number of nitrogens with zero attached hydrogens (tertiary/aromatic N) is 4. The molecule has 3 saturated heterocycles. The van der Waals surface area contributed by atoms with Gasteiger partial charge in [-0.2, -0.15) is 0 Å². The van der Waals surface area contributed by atoms with Gasteiger partial charge in [-0.3, -0.25) is 25.5 Å². The Morgan fingerprint density at radius 1 is 1.40 bits per heavy atom. The van der Waals surface area contributed by atoms with Crippen molar-refractivity contribution in [1.82, 2.24) is 24.6 Å². The molecule has 2 bridgehead atoms. The van der Waals surface area contributed by atoms with Crippen LogP contribution in [0.25, 0.3) is 4.96 Å². The highest BCUT2D eigenvalue weighted by Gasteiger charge is 2.36. The summed E-state index contributed by atoms with van der Waals surface area (Å²) in [7, 11) is 0. The number of hydrazine groups is 1. The molecule has 20 heavy (non-hydrogen) atoms. The molecule has 5 rings (SSSR count). The zero-order valence-electron chi connectivity index (χ0n) is 11.4. The van der Waals surface area contributed by atoms with Crippen molar-refractivity contribution in [3.05, 3.63) is 23.5 Å². The van der Waals surface area contributed by atoms with Gasteiger partial charge >= 0.3 is 0 Å². The molecule has 0 radical (unpaired) electrons. The number of imidazole rings is 1. The lowest BCUT2D eigenvalue weighted by molar-refractivity contribution is -0.00326. The predicted molar refractivity (Wildman–Crippen MR) is 79.7 cm³/mol. The van der Waals surface area contributed by atoms with E-state index in [1.54, 1.807) is 11.3 Å². The highest BCUT2D eigenvalue weighted by Crippen LogP contribution is 2.20. The molecule has 7 heteroatoms. The number of piperazine rings is 3. The Hall–Kier alpha value is -0.990. The van der Waals surface area contributed by atoms with Crippen molar-refractivity contribution in [2.24, 2.45) is 5.84 Å². The second-order valence-corrected chi connectivity index (χ2v) is 6.58. The van der Waals surface area contributed by atoms with Gasteiger partial charge in [0, 0.05) is 69.0 Å². The van der Waals surface area contributed by atoms with Crippen molar-refractivity contribution >= 4 is 16.3 Å². The fraction of sp³-hybridized carbons (Fsp3) is 0.615. The van der Waals surface area contributed by atoms with Crippen molar-refractivity contribution in [3.8, 4) is 0 Å². The summed E-state index contributed by atoms with van der Waals surface area (Å²) in [5, 5.41) is 2.06. The van der Waals surface area contributed by atoms with E-state index < -0.39 is 0 Å². The Balaban J connectivity index is 1.51. The Labute approximate surface area is 122 Å². The first kappa shape index (κ1) is 12.7. The summed E-state index contributed by atoms with van der Waals surface area (Å²) in [5.74, 6) is 5.83. The maximum absolute atomic E-state index is 5.83. The Kier molecular flexibility index (Phi) is 3.24. The Morgan fingerprint density at radius 3 is 2.90 bits per heavy atom. The molecule has 3 fully saturated rings. The monoisotopic (exact) mass is 292 g/mol. The zero-order chi connectivity index (χ0) is 13.5. The Morgan fingerprint density at radius 2 is 2.25 bits per heavy atom. The summed E-state index contributed by atoms with van der Waals surface area (Å²) < 4.78 is 2.09. The molecule has 3 aliphatic heterocycles. The largest absolute Gasteiger partial charge is 0.299 e. The van der Waals surface area contributed by atoms with Crippen molar-refractivity contribution < 1.29 is 0 Å². The zero-order valence-corrected chi connectivity index (χ0v) is 12.2. The smallest absolute Gasteiger partial charge is 0.193 e. The van der Waals surface area contributed by atoms with Crippen LogP contribution >= 0.6 is 11.3 Å². The van der Waals surface area contributed by atoms with Crippen LogP contribution in [-0.4, -0.2) is 64.0 Å². The third-order valence-corrected chi connectivity index (χ3v) is 5.34. The summed E-state index contributed by atoms with van der Waals surface area (Å²) in [5.41, 5.74) is 4.15. The molecule has 0 aliphatic carbocycles.